The number of carbonyl (C=O) groups is 2. The molecule has 26 heavy (non-hydrogen) atoms. The summed E-state index contributed by atoms with van der Waals surface area (Å²) in [4.78, 5) is 23.2. The molecule has 0 aliphatic rings. The van der Waals surface area contributed by atoms with Gasteiger partial charge in [0.05, 0.1) is 24.9 Å². The number of rotatable bonds is 11. The van der Waals surface area contributed by atoms with Crippen molar-refractivity contribution in [3.63, 3.8) is 0 Å². The number of carbonyl (C=O) groups excluding carboxylic acids is 2. The standard InChI is InChI=1S/C19H29NO6/c1-4-16(24)18(20-13(2)22)19(26-14(3)23)17(10-11-21)25-12-15-8-6-5-7-9-15/h5-9,16-19,21,24H,4,10-12H2,1-3H3,(H,20,22). The van der Waals surface area contributed by atoms with Crippen LogP contribution in [0.25, 0.3) is 0 Å². The van der Waals surface area contributed by atoms with E-state index in [0.29, 0.717) is 6.42 Å². The molecule has 3 N–H and O–H groups in total. The average molecular weight is 367 g/mol. The second kappa shape index (κ2) is 11.6. The number of amides is 1. The summed E-state index contributed by atoms with van der Waals surface area (Å²) in [5, 5.41) is 22.4. The molecule has 7 nitrogen and oxygen atoms in total. The monoisotopic (exact) mass is 367 g/mol. The van der Waals surface area contributed by atoms with Gasteiger partial charge in [-0.2, -0.15) is 0 Å². The number of aliphatic hydroxyl groups excluding tert-OH is 2. The predicted octanol–water partition coefficient (Wildman–Crippen LogP) is 1.16. The normalized spacial score (nSPS) is 15.6. The van der Waals surface area contributed by atoms with Gasteiger partial charge in [0.1, 0.15) is 0 Å². The van der Waals surface area contributed by atoms with Crippen molar-refractivity contribution in [2.24, 2.45) is 0 Å². The minimum absolute atomic E-state index is 0.188. The van der Waals surface area contributed by atoms with Gasteiger partial charge in [0, 0.05) is 26.9 Å². The number of esters is 1. The van der Waals surface area contributed by atoms with Crippen molar-refractivity contribution >= 4 is 11.9 Å². The molecular weight excluding hydrogens is 338 g/mol. The van der Waals surface area contributed by atoms with E-state index in [1.165, 1.54) is 13.8 Å². The molecule has 0 spiro atoms. The molecule has 1 aromatic carbocycles. The van der Waals surface area contributed by atoms with Gasteiger partial charge in [0.15, 0.2) is 6.10 Å². The Morgan fingerprint density at radius 2 is 1.85 bits per heavy atom. The third kappa shape index (κ3) is 7.51. The van der Waals surface area contributed by atoms with E-state index in [2.05, 4.69) is 5.32 Å². The molecule has 146 valence electrons. The molecule has 1 amide bonds. The van der Waals surface area contributed by atoms with E-state index in [0.717, 1.165) is 5.56 Å². The van der Waals surface area contributed by atoms with Crippen LogP contribution < -0.4 is 5.32 Å². The lowest BCUT2D eigenvalue weighted by molar-refractivity contribution is -0.164. The molecule has 0 aliphatic heterocycles. The van der Waals surface area contributed by atoms with Crippen LogP contribution in [0.5, 0.6) is 0 Å². The zero-order valence-corrected chi connectivity index (χ0v) is 15.6. The smallest absolute Gasteiger partial charge is 0.303 e. The first-order chi connectivity index (χ1) is 12.4. The molecule has 1 aromatic rings. The van der Waals surface area contributed by atoms with Gasteiger partial charge in [-0.05, 0) is 12.0 Å². The van der Waals surface area contributed by atoms with Crippen LogP contribution in [0, 0.1) is 0 Å². The summed E-state index contributed by atoms with van der Waals surface area (Å²) in [6.45, 7) is 4.40. The summed E-state index contributed by atoms with van der Waals surface area (Å²) < 4.78 is 11.3. The van der Waals surface area contributed by atoms with Crippen molar-refractivity contribution < 1.29 is 29.3 Å². The Labute approximate surface area is 154 Å². The molecule has 7 heteroatoms. The molecule has 4 unspecified atom stereocenters. The molecule has 0 heterocycles. The molecular formula is C19H29NO6. The lowest BCUT2D eigenvalue weighted by Gasteiger charge is -2.35. The lowest BCUT2D eigenvalue weighted by Crippen LogP contribution is -2.56. The van der Waals surface area contributed by atoms with E-state index in [4.69, 9.17) is 9.47 Å². The van der Waals surface area contributed by atoms with E-state index < -0.39 is 30.3 Å². The van der Waals surface area contributed by atoms with Crippen LogP contribution in [0.4, 0.5) is 0 Å². The fraction of sp³-hybridized carbons (Fsp3) is 0.579. The zero-order chi connectivity index (χ0) is 19.5. The van der Waals surface area contributed by atoms with E-state index in [-0.39, 0.29) is 25.5 Å². The van der Waals surface area contributed by atoms with Crippen LogP contribution in [0.3, 0.4) is 0 Å². The maximum Gasteiger partial charge on any atom is 0.303 e. The number of aliphatic hydroxyl groups is 2. The zero-order valence-electron chi connectivity index (χ0n) is 15.6. The van der Waals surface area contributed by atoms with Gasteiger partial charge < -0.3 is 25.0 Å². The first-order valence-electron chi connectivity index (χ1n) is 8.77. The van der Waals surface area contributed by atoms with E-state index in [1.807, 2.05) is 30.3 Å². The maximum atomic E-state index is 11.6. The van der Waals surface area contributed by atoms with E-state index in [9.17, 15) is 19.8 Å². The molecule has 0 bridgehead atoms. The summed E-state index contributed by atoms with van der Waals surface area (Å²) in [6.07, 6.45) is -2.00. The van der Waals surface area contributed by atoms with Crippen molar-refractivity contribution in [3.05, 3.63) is 35.9 Å². The third-order valence-electron chi connectivity index (χ3n) is 3.95. The number of hydrogen-bond acceptors (Lipinski definition) is 6. The van der Waals surface area contributed by atoms with Gasteiger partial charge in [-0.25, -0.2) is 0 Å². The highest BCUT2D eigenvalue weighted by molar-refractivity contribution is 5.73. The Morgan fingerprint density at radius 1 is 1.19 bits per heavy atom. The van der Waals surface area contributed by atoms with Crippen LogP contribution in [0.15, 0.2) is 30.3 Å². The molecule has 4 atom stereocenters. The van der Waals surface area contributed by atoms with Crippen LogP contribution in [-0.4, -0.2) is 53.1 Å². The highest BCUT2D eigenvalue weighted by Crippen LogP contribution is 2.19. The summed E-state index contributed by atoms with van der Waals surface area (Å²) in [6, 6.07) is 8.59. The summed E-state index contributed by atoms with van der Waals surface area (Å²) >= 11 is 0. The van der Waals surface area contributed by atoms with Crippen LogP contribution in [-0.2, 0) is 25.7 Å². The third-order valence-corrected chi connectivity index (χ3v) is 3.95. The van der Waals surface area contributed by atoms with Crippen LogP contribution >= 0.6 is 0 Å². The summed E-state index contributed by atoms with van der Waals surface area (Å²) in [5.41, 5.74) is 0.920. The minimum Gasteiger partial charge on any atom is -0.457 e. The van der Waals surface area contributed by atoms with Crippen molar-refractivity contribution in [3.8, 4) is 0 Å². The molecule has 0 aromatic heterocycles. The van der Waals surface area contributed by atoms with Crippen LogP contribution in [0.1, 0.15) is 39.2 Å². The predicted molar refractivity (Wildman–Crippen MR) is 96.2 cm³/mol. The number of nitrogens with one attached hydrogen (secondary N) is 1. The van der Waals surface area contributed by atoms with Crippen molar-refractivity contribution in [1.29, 1.82) is 0 Å². The number of ether oxygens (including phenoxy) is 2. The molecule has 0 aliphatic carbocycles. The molecule has 0 saturated heterocycles. The Balaban J connectivity index is 3.03. The summed E-state index contributed by atoms with van der Waals surface area (Å²) in [5.74, 6) is -0.912. The molecule has 0 radical (unpaired) electrons. The van der Waals surface area contributed by atoms with Gasteiger partial charge in [-0.15, -0.1) is 0 Å². The van der Waals surface area contributed by atoms with Crippen molar-refractivity contribution in [1.82, 2.24) is 5.32 Å². The second-order valence-corrected chi connectivity index (χ2v) is 6.12. The fourth-order valence-corrected chi connectivity index (χ4v) is 2.71. The Hall–Kier alpha value is -1.96. The number of benzene rings is 1. The minimum atomic E-state index is -0.929. The van der Waals surface area contributed by atoms with Crippen molar-refractivity contribution in [2.75, 3.05) is 6.61 Å². The van der Waals surface area contributed by atoms with Gasteiger partial charge in [0.2, 0.25) is 5.91 Å². The molecule has 1 rings (SSSR count). The number of hydrogen-bond donors (Lipinski definition) is 3. The quantitative estimate of drug-likeness (QED) is 0.507. The maximum absolute atomic E-state index is 11.6. The van der Waals surface area contributed by atoms with Gasteiger partial charge in [-0.3, -0.25) is 9.59 Å². The molecule has 0 saturated carbocycles. The van der Waals surface area contributed by atoms with Gasteiger partial charge in [-0.1, -0.05) is 37.3 Å². The highest BCUT2D eigenvalue weighted by Gasteiger charge is 2.37. The lowest BCUT2D eigenvalue weighted by atomic mass is 9.96. The van der Waals surface area contributed by atoms with Crippen molar-refractivity contribution in [2.45, 2.75) is 64.6 Å². The van der Waals surface area contributed by atoms with E-state index in [1.54, 1.807) is 6.92 Å². The molecule has 0 fully saturated rings. The fourth-order valence-electron chi connectivity index (χ4n) is 2.71. The first kappa shape index (κ1) is 22.1. The van der Waals surface area contributed by atoms with Gasteiger partial charge >= 0.3 is 5.97 Å². The van der Waals surface area contributed by atoms with E-state index >= 15 is 0 Å². The Morgan fingerprint density at radius 3 is 2.35 bits per heavy atom. The first-order valence-corrected chi connectivity index (χ1v) is 8.77. The highest BCUT2D eigenvalue weighted by atomic mass is 16.6. The van der Waals surface area contributed by atoms with Crippen LogP contribution in [0.2, 0.25) is 0 Å². The Bertz CT molecular complexity index is 550. The largest absolute Gasteiger partial charge is 0.457 e. The average Bonchev–Trinajstić information content (AvgIpc) is 2.61. The van der Waals surface area contributed by atoms with Gasteiger partial charge in [0.25, 0.3) is 0 Å². The Kier molecular flexibility index (Phi) is 9.87. The SMILES string of the molecule is CCC(O)C(NC(C)=O)C(OC(C)=O)C(CCO)OCc1ccccc1. The summed E-state index contributed by atoms with van der Waals surface area (Å²) in [7, 11) is 0. The second-order valence-electron chi connectivity index (χ2n) is 6.12. The topological polar surface area (TPSA) is 105 Å².